The Labute approximate surface area is 81.8 Å². The van der Waals surface area contributed by atoms with Gasteiger partial charge >= 0.3 is 5.97 Å². The number of carbonyl (C=O) groups is 1. The van der Waals surface area contributed by atoms with Crippen LogP contribution in [0, 0.1) is 6.92 Å². The number of aryl methyl sites for hydroxylation is 2. The minimum Gasteiger partial charge on any atom is -0.464 e. The fourth-order valence-corrected chi connectivity index (χ4v) is 2.08. The first-order valence-corrected chi connectivity index (χ1v) is 5.05. The zero-order valence-corrected chi connectivity index (χ0v) is 8.90. The van der Waals surface area contributed by atoms with Crippen LogP contribution in [-0.4, -0.2) is 18.1 Å². The number of hydrogen-bond donors (Lipinski definition) is 0. The van der Waals surface area contributed by atoms with Gasteiger partial charge in [0, 0.05) is 4.88 Å². The van der Waals surface area contributed by atoms with Gasteiger partial charge in [-0.1, -0.05) is 6.92 Å². The van der Waals surface area contributed by atoms with E-state index in [1.54, 1.807) is 11.3 Å². The number of rotatable bonds is 3. The Bertz CT molecular complexity index is 307. The summed E-state index contributed by atoms with van der Waals surface area (Å²) in [6.45, 7) is 3.98. The lowest BCUT2D eigenvalue weighted by Crippen LogP contribution is -2.03. The molecule has 0 spiro atoms. The Morgan fingerprint density at radius 1 is 1.62 bits per heavy atom. The molecule has 1 aromatic heterocycles. The molecular formula is C9H13NO2S. The highest BCUT2D eigenvalue weighted by atomic mass is 32.1. The average molecular weight is 199 g/mol. The smallest absolute Gasteiger partial charge is 0.357 e. The molecule has 1 heterocycles. The summed E-state index contributed by atoms with van der Waals surface area (Å²) in [5.74, 6) is -0.337. The average Bonchev–Trinajstić information content (AvgIpc) is 2.46. The van der Waals surface area contributed by atoms with E-state index in [0.29, 0.717) is 5.69 Å². The monoisotopic (exact) mass is 199 g/mol. The highest BCUT2D eigenvalue weighted by molar-refractivity contribution is 7.11. The van der Waals surface area contributed by atoms with Crippen LogP contribution in [0.5, 0.6) is 0 Å². The predicted octanol–water partition coefficient (Wildman–Crippen LogP) is 2.19. The van der Waals surface area contributed by atoms with Gasteiger partial charge in [0.2, 0.25) is 0 Å². The molecule has 0 saturated heterocycles. The summed E-state index contributed by atoms with van der Waals surface area (Å²) in [6.07, 6.45) is 1.98. The maximum atomic E-state index is 11.2. The number of aromatic nitrogens is 1. The summed E-state index contributed by atoms with van der Waals surface area (Å²) in [7, 11) is 1.38. The summed E-state index contributed by atoms with van der Waals surface area (Å²) in [6, 6.07) is 0. The van der Waals surface area contributed by atoms with Crippen molar-refractivity contribution in [3.63, 3.8) is 0 Å². The van der Waals surface area contributed by atoms with Crippen LogP contribution in [-0.2, 0) is 11.2 Å². The first kappa shape index (κ1) is 10.2. The zero-order valence-electron chi connectivity index (χ0n) is 8.09. The molecule has 0 unspecified atom stereocenters. The molecule has 0 amide bonds. The normalized spacial score (nSPS) is 10.1. The van der Waals surface area contributed by atoms with E-state index in [0.717, 1.165) is 22.7 Å². The minimum absolute atomic E-state index is 0.337. The highest BCUT2D eigenvalue weighted by Gasteiger charge is 2.14. The van der Waals surface area contributed by atoms with Crippen LogP contribution in [0.1, 0.15) is 33.7 Å². The van der Waals surface area contributed by atoms with Gasteiger partial charge in [-0.05, 0) is 19.8 Å². The second kappa shape index (κ2) is 4.37. The van der Waals surface area contributed by atoms with E-state index in [4.69, 9.17) is 0 Å². The van der Waals surface area contributed by atoms with Gasteiger partial charge in [0.05, 0.1) is 12.1 Å². The molecule has 13 heavy (non-hydrogen) atoms. The topological polar surface area (TPSA) is 39.2 Å². The Morgan fingerprint density at radius 2 is 2.31 bits per heavy atom. The van der Waals surface area contributed by atoms with E-state index in [1.807, 2.05) is 6.92 Å². The summed E-state index contributed by atoms with van der Waals surface area (Å²) in [5, 5.41) is 1.01. The third-order valence-corrected chi connectivity index (χ3v) is 2.71. The van der Waals surface area contributed by atoms with E-state index in [1.165, 1.54) is 7.11 Å². The molecule has 72 valence electrons. The van der Waals surface area contributed by atoms with Gasteiger partial charge in [-0.25, -0.2) is 9.78 Å². The molecule has 0 aromatic carbocycles. The van der Waals surface area contributed by atoms with Crippen molar-refractivity contribution >= 4 is 17.3 Å². The summed E-state index contributed by atoms with van der Waals surface area (Å²) < 4.78 is 4.61. The molecule has 0 N–H and O–H groups in total. The number of carbonyl (C=O) groups excluding carboxylic acids is 1. The lowest BCUT2D eigenvalue weighted by molar-refractivity contribution is 0.0594. The van der Waals surface area contributed by atoms with Gasteiger partial charge in [0.1, 0.15) is 0 Å². The van der Waals surface area contributed by atoms with E-state index >= 15 is 0 Å². The summed E-state index contributed by atoms with van der Waals surface area (Å²) in [4.78, 5) is 16.3. The van der Waals surface area contributed by atoms with Gasteiger partial charge < -0.3 is 4.74 Å². The zero-order chi connectivity index (χ0) is 9.84. The lowest BCUT2D eigenvalue weighted by atomic mass is 10.3. The van der Waals surface area contributed by atoms with E-state index in [9.17, 15) is 4.79 Å². The van der Waals surface area contributed by atoms with Crippen molar-refractivity contribution in [3.8, 4) is 0 Å². The molecule has 1 aromatic rings. The fraction of sp³-hybridized carbons (Fsp3) is 0.556. The quantitative estimate of drug-likeness (QED) is 0.700. The van der Waals surface area contributed by atoms with Gasteiger partial charge in [0.25, 0.3) is 0 Å². The molecule has 0 radical (unpaired) electrons. The molecule has 0 aliphatic rings. The van der Waals surface area contributed by atoms with Crippen LogP contribution in [0.4, 0.5) is 0 Å². The molecular weight excluding hydrogens is 186 g/mol. The van der Waals surface area contributed by atoms with Crippen molar-refractivity contribution < 1.29 is 9.53 Å². The Balaban J connectivity index is 2.89. The Morgan fingerprint density at radius 3 is 2.85 bits per heavy atom. The maximum absolute atomic E-state index is 11.2. The van der Waals surface area contributed by atoms with Gasteiger partial charge in [-0.15, -0.1) is 11.3 Å². The number of hydrogen-bond acceptors (Lipinski definition) is 4. The second-order valence-corrected chi connectivity index (χ2v) is 4.04. The first-order chi connectivity index (χ1) is 6.19. The van der Waals surface area contributed by atoms with Crippen molar-refractivity contribution in [2.75, 3.05) is 7.11 Å². The molecule has 0 fully saturated rings. The minimum atomic E-state index is -0.337. The molecule has 0 aliphatic carbocycles. The first-order valence-electron chi connectivity index (χ1n) is 4.23. The van der Waals surface area contributed by atoms with Crippen molar-refractivity contribution in [2.24, 2.45) is 0 Å². The van der Waals surface area contributed by atoms with Crippen molar-refractivity contribution in [2.45, 2.75) is 26.7 Å². The molecule has 0 saturated carbocycles. The van der Waals surface area contributed by atoms with Gasteiger partial charge in [0.15, 0.2) is 5.69 Å². The number of esters is 1. The second-order valence-electron chi connectivity index (χ2n) is 2.75. The highest BCUT2D eigenvalue weighted by Crippen LogP contribution is 2.19. The molecule has 0 aliphatic heterocycles. The Hall–Kier alpha value is -0.900. The summed E-state index contributed by atoms with van der Waals surface area (Å²) in [5.41, 5.74) is 0.468. The molecule has 1 rings (SSSR count). The number of ether oxygens (including phenoxy) is 1. The third kappa shape index (κ3) is 2.28. The number of thiazole rings is 1. The van der Waals surface area contributed by atoms with Crippen LogP contribution >= 0.6 is 11.3 Å². The van der Waals surface area contributed by atoms with Crippen LogP contribution in [0.25, 0.3) is 0 Å². The van der Waals surface area contributed by atoms with Gasteiger partial charge in [-0.3, -0.25) is 0 Å². The largest absolute Gasteiger partial charge is 0.464 e. The van der Waals surface area contributed by atoms with Gasteiger partial charge in [-0.2, -0.15) is 0 Å². The maximum Gasteiger partial charge on any atom is 0.357 e. The SMILES string of the molecule is CCCc1nc(C(=O)OC)c(C)s1. The molecule has 0 bridgehead atoms. The van der Waals surface area contributed by atoms with E-state index < -0.39 is 0 Å². The van der Waals surface area contributed by atoms with Crippen LogP contribution < -0.4 is 0 Å². The van der Waals surface area contributed by atoms with Crippen LogP contribution in [0.2, 0.25) is 0 Å². The van der Waals surface area contributed by atoms with E-state index in [2.05, 4.69) is 16.6 Å². The third-order valence-electron chi connectivity index (χ3n) is 1.68. The Kier molecular flexibility index (Phi) is 3.42. The van der Waals surface area contributed by atoms with Crippen molar-refractivity contribution in [3.05, 3.63) is 15.6 Å². The fourth-order valence-electron chi connectivity index (χ4n) is 1.06. The van der Waals surface area contributed by atoms with E-state index in [-0.39, 0.29) is 5.97 Å². The van der Waals surface area contributed by atoms with Crippen molar-refractivity contribution in [1.29, 1.82) is 0 Å². The molecule has 3 nitrogen and oxygen atoms in total. The van der Waals surface area contributed by atoms with Crippen molar-refractivity contribution in [1.82, 2.24) is 4.98 Å². The molecule has 0 atom stereocenters. The lowest BCUT2D eigenvalue weighted by Gasteiger charge is -1.93. The number of nitrogens with zero attached hydrogens (tertiary/aromatic N) is 1. The van der Waals surface area contributed by atoms with Crippen LogP contribution in [0.3, 0.4) is 0 Å². The summed E-state index contributed by atoms with van der Waals surface area (Å²) >= 11 is 1.57. The standard InChI is InChI=1S/C9H13NO2S/c1-4-5-7-10-8(6(2)13-7)9(11)12-3/h4-5H2,1-3H3. The molecule has 4 heteroatoms. The van der Waals surface area contributed by atoms with Crippen LogP contribution in [0.15, 0.2) is 0 Å². The predicted molar refractivity (Wildman–Crippen MR) is 52.2 cm³/mol. The number of methoxy groups -OCH3 is 1.